The summed E-state index contributed by atoms with van der Waals surface area (Å²) in [4.78, 5) is 14.2. The normalized spacial score (nSPS) is 15.8. The van der Waals surface area contributed by atoms with Crippen LogP contribution in [0, 0.1) is 5.92 Å². The lowest BCUT2D eigenvalue weighted by molar-refractivity contribution is -0.133. The number of ether oxygens (including phenoxy) is 1. The first-order chi connectivity index (χ1) is 12.3. The monoisotopic (exact) mass is 402 g/mol. The molecule has 8 heteroatoms. The predicted molar refractivity (Wildman–Crippen MR) is 102 cm³/mol. The Hall–Kier alpha value is -1.31. The molecule has 26 heavy (non-hydrogen) atoms. The van der Waals surface area contributed by atoms with Gasteiger partial charge in [-0.05, 0) is 37.0 Å². The van der Waals surface area contributed by atoms with Crippen LogP contribution >= 0.6 is 11.6 Å². The first kappa shape index (κ1) is 21.0. The maximum absolute atomic E-state index is 12.3. The highest BCUT2D eigenvalue weighted by Gasteiger charge is 2.19. The van der Waals surface area contributed by atoms with Crippen LogP contribution in [0.3, 0.4) is 0 Å². The van der Waals surface area contributed by atoms with Crippen LogP contribution in [0.1, 0.15) is 39.5 Å². The molecule has 0 bridgehead atoms. The molecule has 0 atom stereocenters. The van der Waals surface area contributed by atoms with Gasteiger partial charge in [0.2, 0.25) is 10.0 Å². The van der Waals surface area contributed by atoms with E-state index in [1.165, 1.54) is 18.2 Å². The van der Waals surface area contributed by atoms with Crippen LogP contribution in [-0.4, -0.2) is 45.5 Å². The molecule has 1 aromatic carbocycles. The topological polar surface area (TPSA) is 75.7 Å². The summed E-state index contributed by atoms with van der Waals surface area (Å²) < 4.78 is 32.5. The molecule has 1 aliphatic rings. The molecule has 1 aliphatic heterocycles. The van der Waals surface area contributed by atoms with Gasteiger partial charge in [0.05, 0.1) is 9.92 Å². The molecule has 6 nitrogen and oxygen atoms in total. The number of nitrogens with zero attached hydrogens (tertiary/aromatic N) is 1. The van der Waals surface area contributed by atoms with Crippen LogP contribution < -0.4 is 9.46 Å². The molecule has 0 spiro atoms. The molecular formula is C18H27ClN2O4S. The number of hydrogen-bond donors (Lipinski definition) is 1. The Labute approximate surface area is 160 Å². The zero-order valence-corrected chi connectivity index (χ0v) is 16.9. The number of rotatable bonds is 7. The third-order valence-corrected chi connectivity index (χ3v) is 5.92. The van der Waals surface area contributed by atoms with Gasteiger partial charge in [-0.3, -0.25) is 4.79 Å². The smallest absolute Gasteiger partial charge is 0.260 e. The van der Waals surface area contributed by atoms with Crippen molar-refractivity contribution in [3.05, 3.63) is 23.2 Å². The fraction of sp³-hybridized carbons (Fsp3) is 0.611. The average Bonchev–Trinajstić information content (AvgIpc) is 2.88. The standard InChI is InChI=1S/C18H27ClN2O4S/c1-14(2)12-20-26(23,24)15-7-8-17(16(19)11-15)25-13-18(22)21-9-5-3-4-6-10-21/h7-8,11,14,20H,3-6,9-10,12-13H2,1-2H3. The fourth-order valence-electron chi connectivity index (χ4n) is 2.68. The van der Waals surface area contributed by atoms with Gasteiger partial charge in [0.25, 0.3) is 5.91 Å². The van der Waals surface area contributed by atoms with Crippen LogP contribution in [0.15, 0.2) is 23.1 Å². The van der Waals surface area contributed by atoms with E-state index in [4.69, 9.17) is 16.3 Å². The van der Waals surface area contributed by atoms with E-state index in [-0.39, 0.29) is 28.4 Å². The Morgan fingerprint density at radius 1 is 1.23 bits per heavy atom. The van der Waals surface area contributed by atoms with Crippen molar-refractivity contribution in [1.29, 1.82) is 0 Å². The second kappa shape index (κ2) is 9.58. The number of likely N-dealkylation sites (tertiary alicyclic amines) is 1. The number of amides is 1. The maximum Gasteiger partial charge on any atom is 0.260 e. The largest absolute Gasteiger partial charge is 0.482 e. The second-order valence-corrected chi connectivity index (χ2v) is 9.10. The van der Waals surface area contributed by atoms with E-state index in [2.05, 4.69) is 4.72 Å². The molecule has 1 N–H and O–H groups in total. The van der Waals surface area contributed by atoms with E-state index in [1.54, 1.807) is 0 Å². The summed E-state index contributed by atoms with van der Waals surface area (Å²) in [6, 6.07) is 4.26. The Kier molecular flexibility index (Phi) is 7.73. The summed E-state index contributed by atoms with van der Waals surface area (Å²) >= 11 is 6.15. The van der Waals surface area contributed by atoms with E-state index in [9.17, 15) is 13.2 Å². The average molecular weight is 403 g/mol. The van der Waals surface area contributed by atoms with Crippen molar-refractivity contribution in [1.82, 2.24) is 9.62 Å². The molecule has 2 rings (SSSR count). The molecular weight excluding hydrogens is 376 g/mol. The molecule has 146 valence electrons. The van der Waals surface area contributed by atoms with Crippen molar-refractivity contribution in [3.63, 3.8) is 0 Å². The third kappa shape index (κ3) is 6.14. The van der Waals surface area contributed by atoms with Crippen molar-refractivity contribution >= 4 is 27.5 Å². The number of carbonyl (C=O) groups is 1. The molecule has 0 aromatic heterocycles. The first-order valence-electron chi connectivity index (χ1n) is 8.99. The zero-order chi connectivity index (χ0) is 19.2. The summed E-state index contributed by atoms with van der Waals surface area (Å²) in [6.07, 6.45) is 4.33. The van der Waals surface area contributed by atoms with Gasteiger partial charge < -0.3 is 9.64 Å². The molecule has 0 radical (unpaired) electrons. The quantitative estimate of drug-likeness (QED) is 0.760. The van der Waals surface area contributed by atoms with Crippen molar-refractivity contribution in [2.24, 2.45) is 5.92 Å². The summed E-state index contributed by atoms with van der Waals surface area (Å²) in [7, 11) is -3.61. The van der Waals surface area contributed by atoms with Crippen LogP contribution in [0.4, 0.5) is 0 Å². The van der Waals surface area contributed by atoms with Gasteiger partial charge in [0, 0.05) is 19.6 Å². The fourth-order valence-corrected chi connectivity index (χ4v) is 4.22. The molecule has 0 unspecified atom stereocenters. The lowest BCUT2D eigenvalue weighted by atomic mass is 10.2. The molecule has 1 fully saturated rings. The SMILES string of the molecule is CC(C)CNS(=O)(=O)c1ccc(OCC(=O)N2CCCCCC2)c(Cl)c1. The Bertz CT molecular complexity index is 714. The minimum Gasteiger partial charge on any atom is -0.482 e. The highest BCUT2D eigenvalue weighted by atomic mass is 35.5. The lowest BCUT2D eigenvalue weighted by Gasteiger charge is -2.20. The highest BCUT2D eigenvalue weighted by molar-refractivity contribution is 7.89. The molecule has 1 saturated heterocycles. The van der Waals surface area contributed by atoms with E-state index < -0.39 is 10.0 Å². The van der Waals surface area contributed by atoms with Crippen molar-refractivity contribution in [2.75, 3.05) is 26.2 Å². The maximum atomic E-state index is 12.3. The number of carbonyl (C=O) groups excluding carboxylic acids is 1. The van der Waals surface area contributed by atoms with Gasteiger partial charge in [-0.15, -0.1) is 0 Å². The van der Waals surface area contributed by atoms with E-state index in [1.807, 2.05) is 18.7 Å². The Balaban J connectivity index is 1.97. The van der Waals surface area contributed by atoms with Gasteiger partial charge in [-0.2, -0.15) is 0 Å². The molecule has 1 aromatic rings. The highest BCUT2D eigenvalue weighted by Crippen LogP contribution is 2.27. The van der Waals surface area contributed by atoms with Gasteiger partial charge >= 0.3 is 0 Å². The minimum atomic E-state index is -3.61. The summed E-state index contributed by atoms with van der Waals surface area (Å²) in [5, 5.41) is 0.168. The zero-order valence-electron chi connectivity index (χ0n) is 15.3. The number of hydrogen-bond acceptors (Lipinski definition) is 4. The number of nitrogens with one attached hydrogen (secondary N) is 1. The Morgan fingerprint density at radius 2 is 1.88 bits per heavy atom. The summed E-state index contributed by atoms with van der Waals surface area (Å²) in [6.45, 7) is 5.62. The first-order valence-corrected chi connectivity index (χ1v) is 10.9. The van der Waals surface area contributed by atoms with Gasteiger partial charge in [-0.1, -0.05) is 38.3 Å². The molecule has 1 heterocycles. The van der Waals surface area contributed by atoms with Crippen LogP contribution in [0.5, 0.6) is 5.75 Å². The van der Waals surface area contributed by atoms with E-state index >= 15 is 0 Å². The molecule has 0 aliphatic carbocycles. The van der Waals surface area contributed by atoms with Crippen LogP contribution in [0.25, 0.3) is 0 Å². The third-order valence-electron chi connectivity index (χ3n) is 4.21. The molecule has 0 saturated carbocycles. The van der Waals surface area contributed by atoms with Crippen molar-refractivity contribution in [2.45, 2.75) is 44.4 Å². The predicted octanol–water partition coefficient (Wildman–Crippen LogP) is 3.06. The van der Waals surface area contributed by atoms with E-state index in [0.29, 0.717) is 12.3 Å². The Morgan fingerprint density at radius 3 is 2.46 bits per heavy atom. The lowest BCUT2D eigenvalue weighted by Crippen LogP contribution is -2.35. The van der Waals surface area contributed by atoms with Gasteiger partial charge in [-0.25, -0.2) is 13.1 Å². The van der Waals surface area contributed by atoms with Gasteiger partial charge in [0.1, 0.15) is 5.75 Å². The molecule has 1 amide bonds. The minimum absolute atomic E-state index is 0.0711. The number of sulfonamides is 1. The van der Waals surface area contributed by atoms with Crippen LogP contribution in [-0.2, 0) is 14.8 Å². The summed E-state index contributed by atoms with van der Waals surface area (Å²) in [5.74, 6) is 0.434. The van der Waals surface area contributed by atoms with Crippen molar-refractivity contribution < 1.29 is 17.9 Å². The second-order valence-electron chi connectivity index (χ2n) is 6.92. The van der Waals surface area contributed by atoms with Crippen molar-refractivity contribution in [3.8, 4) is 5.75 Å². The van der Waals surface area contributed by atoms with Gasteiger partial charge in [0.15, 0.2) is 6.61 Å². The number of benzene rings is 1. The number of halogens is 1. The van der Waals surface area contributed by atoms with Crippen LogP contribution in [0.2, 0.25) is 5.02 Å². The van der Waals surface area contributed by atoms with E-state index in [0.717, 1.165) is 38.8 Å². The summed E-state index contributed by atoms with van der Waals surface area (Å²) in [5.41, 5.74) is 0.